The summed E-state index contributed by atoms with van der Waals surface area (Å²) >= 11 is 0. The standard InChI is InChI=1S/C24H36N6O4/c1-24(2,3)23(32)34-17-30-10-7-19-21(25-16-26-22(19)30)27(4)18-5-8-28(9-6-18)15-20(31)29-11-13-33-14-12-29/h7,10,16,18H,5-6,8-9,11-15,17H2,1-4H3. The van der Waals surface area contributed by atoms with Crippen LogP contribution in [-0.2, 0) is 25.8 Å². The number of carbonyl (C=O) groups excluding carboxylic acids is 2. The Hall–Kier alpha value is -2.72. The van der Waals surface area contributed by atoms with Crippen LogP contribution in [0.1, 0.15) is 33.6 Å². The van der Waals surface area contributed by atoms with Crippen molar-refractivity contribution in [1.29, 1.82) is 0 Å². The molecule has 34 heavy (non-hydrogen) atoms. The molecule has 0 radical (unpaired) electrons. The van der Waals surface area contributed by atoms with Gasteiger partial charge in [-0.2, -0.15) is 0 Å². The summed E-state index contributed by atoms with van der Waals surface area (Å²) in [7, 11) is 2.07. The molecule has 10 nitrogen and oxygen atoms in total. The minimum Gasteiger partial charge on any atom is -0.443 e. The van der Waals surface area contributed by atoms with Gasteiger partial charge in [-0.3, -0.25) is 19.1 Å². The third-order valence-electron chi connectivity index (χ3n) is 6.64. The molecule has 2 fully saturated rings. The first-order chi connectivity index (χ1) is 16.2. The van der Waals surface area contributed by atoms with Gasteiger partial charge in [-0.15, -0.1) is 0 Å². The van der Waals surface area contributed by atoms with Gasteiger partial charge in [0.05, 0.1) is 30.6 Å². The number of fused-ring (bicyclic) bond motifs is 1. The molecule has 0 spiro atoms. The topological polar surface area (TPSA) is 93.0 Å². The second-order valence-corrected chi connectivity index (χ2v) is 10.1. The number of hydrogen-bond acceptors (Lipinski definition) is 8. The van der Waals surface area contributed by atoms with Gasteiger partial charge < -0.3 is 19.3 Å². The van der Waals surface area contributed by atoms with Crippen LogP contribution in [0.15, 0.2) is 18.6 Å². The number of amides is 1. The predicted octanol–water partition coefficient (Wildman–Crippen LogP) is 1.74. The third kappa shape index (κ3) is 5.50. The SMILES string of the molecule is CN(c1ncnc2c1ccn2COC(=O)C(C)(C)C)C1CCN(CC(=O)N2CCOCC2)CC1. The van der Waals surface area contributed by atoms with Gasteiger partial charge in [0.1, 0.15) is 17.8 Å². The number of aromatic nitrogens is 3. The number of likely N-dealkylation sites (tertiary alicyclic amines) is 1. The number of nitrogens with zero attached hydrogens (tertiary/aromatic N) is 6. The number of esters is 1. The van der Waals surface area contributed by atoms with E-state index in [0.29, 0.717) is 38.9 Å². The Morgan fingerprint density at radius 3 is 2.53 bits per heavy atom. The number of ether oxygens (including phenoxy) is 2. The average Bonchev–Trinajstić information content (AvgIpc) is 3.25. The van der Waals surface area contributed by atoms with Crippen molar-refractivity contribution < 1.29 is 19.1 Å². The summed E-state index contributed by atoms with van der Waals surface area (Å²) in [5, 5.41) is 0.932. The third-order valence-corrected chi connectivity index (χ3v) is 6.64. The zero-order valence-electron chi connectivity index (χ0n) is 20.7. The molecule has 2 aliphatic heterocycles. The summed E-state index contributed by atoms with van der Waals surface area (Å²) < 4.78 is 12.6. The van der Waals surface area contributed by atoms with Gasteiger partial charge in [0.25, 0.3) is 0 Å². The summed E-state index contributed by atoms with van der Waals surface area (Å²) in [6.45, 7) is 10.5. The Morgan fingerprint density at radius 1 is 1.15 bits per heavy atom. The van der Waals surface area contributed by atoms with Gasteiger partial charge in [0.15, 0.2) is 6.73 Å². The molecule has 0 N–H and O–H groups in total. The molecule has 2 aromatic heterocycles. The fourth-order valence-corrected chi connectivity index (χ4v) is 4.46. The van der Waals surface area contributed by atoms with E-state index in [-0.39, 0.29) is 18.6 Å². The zero-order valence-corrected chi connectivity index (χ0v) is 20.7. The maximum absolute atomic E-state index is 12.6. The van der Waals surface area contributed by atoms with Crippen LogP contribution in [-0.4, -0.2) is 95.2 Å². The molecule has 2 saturated heterocycles. The van der Waals surface area contributed by atoms with Crippen LogP contribution in [0.4, 0.5) is 5.82 Å². The van der Waals surface area contributed by atoms with Crippen LogP contribution < -0.4 is 4.90 Å². The van der Waals surface area contributed by atoms with E-state index in [2.05, 4.69) is 26.8 Å². The van der Waals surface area contributed by atoms with Crippen molar-refractivity contribution in [2.24, 2.45) is 5.41 Å². The number of piperidine rings is 1. The van der Waals surface area contributed by atoms with Crippen LogP contribution >= 0.6 is 0 Å². The molecule has 0 unspecified atom stereocenters. The number of morpholine rings is 1. The van der Waals surface area contributed by atoms with Crippen molar-refractivity contribution in [2.45, 2.75) is 46.4 Å². The summed E-state index contributed by atoms with van der Waals surface area (Å²) in [6, 6.07) is 2.30. The van der Waals surface area contributed by atoms with Crippen LogP contribution in [0.3, 0.4) is 0 Å². The first-order valence-electron chi connectivity index (χ1n) is 12.0. The normalized spacial score (nSPS) is 18.3. The van der Waals surface area contributed by atoms with Crippen LogP contribution in [0.25, 0.3) is 11.0 Å². The van der Waals surface area contributed by atoms with Crippen molar-refractivity contribution in [2.75, 3.05) is 57.9 Å². The molecule has 186 valence electrons. The molecule has 4 heterocycles. The van der Waals surface area contributed by atoms with Gasteiger partial charge in [-0.1, -0.05) is 0 Å². The number of carbonyl (C=O) groups is 2. The predicted molar refractivity (Wildman–Crippen MR) is 128 cm³/mol. The minimum absolute atomic E-state index is 0.120. The highest BCUT2D eigenvalue weighted by Crippen LogP contribution is 2.28. The molecule has 0 saturated carbocycles. The van der Waals surface area contributed by atoms with Gasteiger partial charge in [0.2, 0.25) is 5.91 Å². The lowest BCUT2D eigenvalue weighted by Crippen LogP contribution is -2.49. The quantitative estimate of drug-likeness (QED) is 0.587. The molecular weight excluding hydrogens is 436 g/mol. The van der Waals surface area contributed by atoms with Crippen LogP contribution in [0, 0.1) is 5.41 Å². The Labute approximate surface area is 200 Å². The van der Waals surface area contributed by atoms with E-state index in [0.717, 1.165) is 42.8 Å². The largest absolute Gasteiger partial charge is 0.443 e. The number of rotatable bonds is 6. The lowest BCUT2D eigenvalue weighted by atomic mass is 9.98. The fraction of sp³-hybridized carbons (Fsp3) is 0.667. The van der Waals surface area contributed by atoms with Crippen molar-refractivity contribution in [1.82, 2.24) is 24.3 Å². The zero-order chi connectivity index (χ0) is 24.3. The van der Waals surface area contributed by atoms with E-state index in [4.69, 9.17) is 9.47 Å². The van der Waals surface area contributed by atoms with Crippen molar-refractivity contribution in [3.63, 3.8) is 0 Å². The highest BCUT2D eigenvalue weighted by Gasteiger charge is 2.28. The number of hydrogen-bond donors (Lipinski definition) is 0. The fourth-order valence-electron chi connectivity index (χ4n) is 4.46. The summed E-state index contributed by atoms with van der Waals surface area (Å²) in [4.78, 5) is 40.1. The Morgan fingerprint density at radius 2 is 1.85 bits per heavy atom. The van der Waals surface area contributed by atoms with Gasteiger partial charge in [-0.25, -0.2) is 9.97 Å². The lowest BCUT2D eigenvalue weighted by Gasteiger charge is -2.38. The van der Waals surface area contributed by atoms with Crippen molar-refractivity contribution in [3.05, 3.63) is 18.6 Å². The summed E-state index contributed by atoms with van der Waals surface area (Å²) in [6.07, 6.45) is 5.36. The molecule has 0 aliphatic carbocycles. The molecule has 0 aromatic carbocycles. The smallest absolute Gasteiger partial charge is 0.312 e. The summed E-state index contributed by atoms with van der Waals surface area (Å²) in [5.41, 5.74) is 0.192. The second kappa shape index (κ2) is 10.3. The van der Waals surface area contributed by atoms with Gasteiger partial charge in [-0.05, 0) is 39.7 Å². The van der Waals surface area contributed by atoms with Gasteiger partial charge in [0, 0.05) is 45.5 Å². The average molecular weight is 473 g/mol. The molecule has 0 atom stereocenters. The minimum atomic E-state index is -0.551. The summed E-state index contributed by atoms with van der Waals surface area (Å²) in [5.74, 6) is 0.814. The maximum atomic E-state index is 12.6. The van der Waals surface area contributed by atoms with E-state index in [9.17, 15) is 9.59 Å². The number of anilines is 1. The molecule has 2 aromatic rings. The van der Waals surface area contributed by atoms with E-state index in [1.807, 2.05) is 42.5 Å². The first-order valence-corrected chi connectivity index (χ1v) is 12.0. The molecule has 10 heteroatoms. The highest BCUT2D eigenvalue weighted by molar-refractivity contribution is 5.88. The van der Waals surface area contributed by atoms with E-state index in [1.165, 1.54) is 0 Å². The molecule has 4 rings (SSSR count). The van der Waals surface area contributed by atoms with E-state index in [1.54, 1.807) is 6.33 Å². The molecule has 2 aliphatic rings. The highest BCUT2D eigenvalue weighted by atomic mass is 16.5. The monoisotopic (exact) mass is 472 g/mol. The maximum Gasteiger partial charge on any atom is 0.312 e. The first kappa shape index (κ1) is 24.4. The second-order valence-electron chi connectivity index (χ2n) is 10.1. The van der Waals surface area contributed by atoms with Crippen LogP contribution in [0.5, 0.6) is 0 Å². The Bertz CT molecular complexity index is 1000. The molecular formula is C24H36N6O4. The van der Waals surface area contributed by atoms with Crippen molar-refractivity contribution in [3.8, 4) is 0 Å². The van der Waals surface area contributed by atoms with Gasteiger partial charge >= 0.3 is 5.97 Å². The van der Waals surface area contributed by atoms with Crippen molar-refractivity contribution >= 4 is 28.7 Å². The Kier molecular flexibility index (Phi) is 7.37. The lowest BCUT2D eigenvalue weighted by molar-refractivity contribution is -0.156. The molecule has 1 amide bonds. The van der Waals surface area contributed by atoms with E-state index >= 15 is 0 Å². The van der Waals surface area contributed by atoms with Crippen LogP contribution in [0.2, 0.25) is 0 Å². The Balaban J connectivity index is 1.36. The molecule has 0 bridgehead atoms. The van der Waals surface area contributed by atoms with E-state index < -0.39 is 5.41 Å².